The summed E-state index contributed by atoms with van der Waals surface area (Å²) >= 11 is 0. The quantitative estimate of drug-likeness (QED) is 0.847. The Hall–Kier alpha value is -1.95. The summed E-state index contributed by atoms with van der Waals surface area (Å²) in [6, 6.07) is 2.66. The van der Waals surface area contributed by atoms with Crippen molar-refractivity contribution in [3.63, 3.8) is 0 Å². The molecule has 20 heavy (non-hydrogen) atoms. The van der Waals surface area contributed by atoms with Gasteiger partial charge in [0.25, 0.3) is 5.91 Å². The van der Waals surface area contributed by atoms with E-state index in [0.29, 0.717) is 12.8 Å². The Labute approximate surface area is 117 Å². The minimum absolute atomic E-state index is 0.0525. The molecule has 0 aromatic carbocycles. The second kappa shape index (κ2) is 5.58. The average molecular weight is 278 g/mol. The van der Waals surface area contributed by atoms with Gasteiger partial charge in [-0.2, -0.15) is 0 Å². The zero-order valence-electron chi connectivity index (χ0n) is 11.5. The highest BCUT2D eigenvalue weighted by Gasteiger charge is 2.34. The minimum Gasteiger partial charge on any atom is -0.478 e. The highest BCUT2D eigenvalue weighted by molar-refractivity contribution is 5.94. The molecule has 0 saturated carbocycles. The fraction of sp³-hybridized carbons (Fsp3) is 0.500. The standard InChI is InChI=1S/C14H18N2O4/c1-8-5-11(17)6-9(2)16(8)13(18)12-4-3-10(7-15-12)14(19)20/h3-4,7-9,11,17H,5-6H2,1-2H3,(H,19,20)/t8-,9+,11?. The molecule has 6 heteroatoms. The van der Waals surface area contributed by atoms with Crippen LogP contribution in [0.25, 0.3) is 0 Å². The number of hydrogen-bond acceptors (Lipinski definition) is 4. The van der Waals surface area contributed by atoms with Crippen LogP contribution < -0.4 is 0 Å². The predicted molar refractivity (Wildman–Crippen MR) is 71.5 cm³/mol. The molecule has 6 nitrogen and oxygen atoms in total. The first-order valence-corrected chi connectivity index (χ1v) is 6.60. The van der Waals surface area contributed by atoms with E-state index in [4.69, 9.17) is 5.11 Å². The van der Waals surface area contributed by atoms with Gasteiger partial charge in [-0.3, -0.25) is 9.78 Å². The SMILES string of the molecule is C[C@@H]1CC(O)C[C@H](C)N1C(=O)c1ccc(C(=O)O)cn1. The molecule has 1 fully saturated rings. The van der Waals surface area contributed by atoms with Crippen molar-refractivity contribution in [2.75, 3.05) is 0 Å². The maximum Gasteiger partial charge on any atom is 0.337 e. The van der Waals surface area contributed by atoms with E-state index in [1.165, 1.54) is 18.3 Å². The van der Waals surface area contributed by atoms with Crippen molar-refractivity contribution < 1.29 is 19.8 Å². The van der Waals surface area contributed by atoms with E-state index in [0.717, 1.165) is 0 Å². The smallest absolute Gasteiger partial charge is 0.337 e. The number of carboxylic acids is 1. The van der Waals surface area contributed by atoms with Crippen molar-refractivity contribution in [2.24, 2.45) is 0 Å². The van der Waals surface area contributed by atoms with Gasteiger partial charge in [0, 0.05) is 18.3 Å². The van der Waals surface area contributed by atoms with E-state index >= 15 is 0 Å². The van der Waals surface area contributed by atoms with Gasteiger partial charge in [0.15, 0.2) is 0 Å². The van der Waals surface area contributed by atoms with Crippen LogP contribution in [0, 0.1) is 0 Å². The number of carbonyl (C=O) groups excluding carboxylic acids is 1. The molecule has 1 aromatic heterocycles. The number of likely N-dealkylation sites (tertiary alicyclic amines) is 1. The zero-order valence-corrected chi connectivity index (χ0v) is 11.5. The lowest BCUT2D eigenvalue weighted by atomic mass is 9.94. The van der Waals surface area contributed by atoms with Crippen LogP contribution >= 0.6 is 0 Å². The van der Waals surface area contributed by atoms with E-state index in [1.807, 2.05) is 13.8 Å². The molecule has 108 valence electrons. The largest absolute Gasteiger partial charge is 0.478 e. The van der Waals surface area contributed by atoms with Gasteiger partial charge in [-0.05, 0) is 38.8 Å². The molecule has 3 atom stereocenters. The molecule has 0 spiro atoms. The Bertz CT molecular complexity index is 502. The van der Waals surface area contributed by atoms with Crippen LogP contribution in [0.5, 0.6) is 0 Å². The number of rotatable bonds is 2. The molecule has 0 bridgehead atoms. The third kappa shape index (κ3) is 2.80. The van der Waals surface area contributed by atoms with Crippen molar-refractivity contribution >= 4 is 11.9 Å². The van der Waals surface area contributed by atoms with E-state index in [2.05, 4.69) is 4.98 Å². The Morgan fingerprint density at radius 1 is 1.25 bits per heavy atom. The third-order valence-corrected chi connectivity index (χ3v) is 3.64. The van der Waals surface area contributed by atoms with E-state index in [9.17, 15) is 14.7 Å². The fourth-order valence-corrected chi connectivity index (χ4v) is 2.72. The van der Waals surface area contributed by atoms with Gasteiger partial charge in [0.1, 0.15) is 5.69 Å². The van der Waals surface area contributed by atoms with Gasteiger partial charge in [0.2, 0.25) is 0 Å². The number of aliphatic hydroxyl groups excluding tert-OH is 1. The number of aromatic nitrogens is 1. The van der Waals surface area contributed by atoms with Crippen molar-refractivity contribution in [1.82, 2.24) is 9.88 Å². The molecule has 1 aliphatic heterocycles. The van der Waals surface area contributed by atoms with Gasteiger partial charge in [-0.15, -0.1) is 0 Å². The summed E-state index contributed by atoms with van der Waals surface area (Å²) in [5.41, 5.74) is 0.279. The number of hydrogen-bond donors (Lipinski definition) is 2. The van der Waals surface area contributed by atoms with Crippen LogP contribution in [-0.4, -0.2) is 50.2 Å². The molecule has 1 aliphatic rings. The Morgan fingerprint density at radius 2 is 1.85 bits per heavy atom. The molecule has 1 amide bonds. The van der Waals surface area contributed by atoms with Crippen LogP contribution in [0.1, 0.15) is 47.5 Å². The van der Waals surface area contributed by atoms with Gasteiger partial charge < -0.3 is 15.1 Å². The topological polar surface area (TPSA) is 90.7 Å². The van der Waals surface area contributed by atoms with Gasteiger partial charge in [-0.1, -0.05) is 0 Å². The Balaban J connectivity index is 2.20. The number of aromatic carboxylic acids is 1. The van der Waals surface area contributed by atoms with Crippen LogP contribution in [0.4, 0.5) is 0 Å². The normalized spacial score (nSPS) is 26.4. The molecule has 2 heterocycles. The molecule has 1 saturated heterocycles. The maximum absolute atomic E-state index is 12.4. The van der Waals surface area contributed by atoms with Crippen molar-refractivity contribution in [3.05, 3.63) is 29.6 Å². The van der Waals surface area contributed by atoms with Gasteiger partial charge in [-0.25, -0.2) is 4.79 Å². The number of aliphatic hydroxyl groups is 1. The average Bonchev–Trinajstić information content (AvgIpc) is 2.37. The Morgan fingerprint density at radius 3 is 2.30 bits per heavy atom. The zero-order chi connectivity index (χ0) is 14.9. The van der Waals surface area contributed by atoms with Crippen LogP contribution in [0.2, 0.25) is 0 Å². The van der Waals surface area contributed by atoms with Gasteiger partial charge in [0.05, 0.1) is 11.7 Å². The summed E-state index contributed by atoms with van der Waals surface area (Å²) in [5.74, 6) is -1.30. The monoisotopic (exact) mass is 278 g/mol. The lowest BCUT2D eigenvalue weighted by molar-refractivity contribution is 0.0139. The van der Waals surface area contributed by atoms with Crippen molar-refractivity contribution in [3.8, 4) is 0 Å². The lowest BCUT2D eigenvalue weighted by Crippen LogP contribution is -2.51. The highest BCUT2D eigenvalue weighted by atomic mass is 16.4. The first-order valence-electron chi connectivity index (χ1n) is 6.60. The first-order chi connectivity index (χ1) is 9.40. The number of carboxylic acid groups (broad SMARTS) is 1. The molecule has 2 N–H and O–H groups in total. The molecule has 2 rings (SSSR count). The number of pyridine rings is 1. The summed E-state index contributed by atoms with van der Waals surface area (Å²) in [5, 5.41) is 18.5. The molecule has 0 aliphatic carbocycles. The molecular formula is C14H18N2O4. The summed E-state index contributed by atoms with van der Waals surface area (Å²) in [6.07, 6.45) is 1.89. The highest BCUT2D eigenvalue weighted by Crippen LogP contribution is 2.24. The first kappa shape index (κ1) is 14.5. The summed E-state index contributed by atoms with van der Waals surface area (Å²) < 4.78 is 0. The predicted octanol–water partition coefficient (Wildman–Crippen LogP) is 1.15. The third-order valence-electron chi connectivity index (χ3n) is 3.64. The Kier molecular flexibility index (Phi) is 4.04. The molecule has 1 aromatic rings. The minimum atomic E-state index is -1.07. The summed E-state index contributed by atoms with van der Waals surface area (Å²) in [6.45, 7) is 3.78. The second-order valence-corrected chi connectivity index (χ2v) is 5.27. The van der Waals surface area contributed by atoms with Crippen molar-refractivity contribution in [1.29, 1.82) is 0 Å². The maximum atomic E-state index is 12.4. The van der Waals surface area contributed by atoms with Crippen molar-refractivity contribution in [2.45, 2.75) is 44.9 Å². The summed E-state index contributed by atoms with van der Waals surface area (Å²) in [4.78, 5) is 28.8. The fourth-order valence-electron chi connectivity index (χ4n) is 2.72. The summed E-state index contributed by atoms with van der Waals surface area (Å²) in [7, 11) is 0. The second-order valence-electron chi connectivity index (χ2n) is 5.27. The van der Waals surface area contributed by atoms with Crippen LogP contribution in [-0.2, 0) is 0 Å². The number of piperidine rings is 1. The van der Waals surface area contributed by atoms with E-state index in [-0.39, 0.29) is 35.4 Å². The van der Waals surface area contributed by atoms with E-state index in [1.54, 1.807) is 4.90 Å². The molecule has 0 radical (unpaired) electrons. The number of nitrogens with zero attached hydrogens (tertiary/aromatic N) is 2. The number of amides is 1. The van der Waals surface area contributed by atoms with Crippen LogP contribution in [0.15, 0.2) is 18.3 Å². The van der Waals surface area contributed by atoms with E-state index < -0.39 is 5.97 Å². The van der Waals surface area contributed by atoms with Gasteiger partial charge >= 0.3 is 5.97 Å². The molecular weight excluding hydrogens is 260 g/mol. The number of carbonyl (C=O) groups is 2. The molecule has 1 unspecified atom stereocenters. The lowest BCUT2D eigenvalue weighted by Gasteiger charge is -2.40. The van der Waals surface area contributed by atoms with Crippen LogP contribution in [0.3, 0.4) is 0 Å².